The molecule has 0 saturated carbocycles. The first-order valence-corrected chi connectivity index (χ1v) is 12.1. The molecular weight excluding hydrogens is 444 g/mol. The van der Waals surface area contributed by atoms with Crippen LogP contribution in [0.3, 0.4) is 0 Å². The molecule has 0 radical (unpaired) electrons. The van der Waals surface area contributed by atoms with Crippen molar-refractivity contribution >= 4 is 39.1 Å². The maximum Gasteiger partial charge on any atom is 0.331 e. The lowest BCUT2D eigenvalue weighted by Gasteiger charge is -2.27. The van der Waals surface area contributed by atoms with Crippen molar-refractivity contribution in [2.24, 2.45) is 4.99 Å². The van der Waals surface area contributed by atoms with Crippen molar-refractivity contribution in [2.45, 2.75) is 44.7 Å². The van der Waals surface area contributed by atoms with Crippen LogP contribution in [0, 0.1) is 0 Å². The zero-order valence-electron chi connectivity index (χ0n) is 19.0. The minimum Gasteiger partial charge on any atom is -0.454 e. The van der Waals surface area contributed by atoms with Crippen molar-refractivity contribution in [3.8, 4) is 0 Å². The summed E-state index contributed by atoms with van der Waals surface area (Å²) < 4.78 is 31.7. The highest BCUT2D eigenvalue weighted by molar-refractivity contribution is 7.90. The summed E-state index contributed by atoms with van der Waals surface area (Å²) in [7, 11) is -3.70. The van der Waals surface area contributed by atoms with Gasteiger partial charge in [0.25, 0.3) is 15.9 Å². The van der Waals surface area contributed by atoms with Crippen LogP contribution in [0.2, 0.25) is 0 Å². The molecular formula is C23H28N4O5S. The number of amidine groups is 1. The summed E-state index contributed by atoms with van der Waals surface area (Å²) in [6.07, 6.45) is 0. The first kappa shape index (κ1) is 24.2. The van der Waals surface area contributed by atoms with Gasteiger partial charge >= 0.3 is 5.97 Å². The molecule has 2 aromatic rings. The van der Waals surface area contributed by atoms with E-state index in [1.165, 1.54) is 13.0 Å². The number of rotatable bonds is 8. The van der Waals surface area contributed by atoms with E-state index >= 15 is 0 Å². The number of fused-ring (bicyclic) bond motifs is 1. The summed E-state index contributed by atoms with van der Waals surface area (Å²) in [5.74, 6) is -1.16. The predicted molar refractivity (Wildman–Crippen MR) is 127 cm³/mol. The van der Waals surface area contributed by atoms with Crippen molar-refractivity contribution in [2.75, 3.05) is 23.4 Å². The van der Waals surface area contributed by atoms with E-state index in [0.29, 0.717) is 17.3 Å². The van der Waals surface area contributed by atoms with E-state index in [1.807, 2.05) is 12.1 Å². The van der Waals surface area contributed by atoms with E-state index < -0.39 is 34.5 Å². The van der Waals surface area contributed by atoms with Crippen LogP contribution in [0.25, 0.3) is 0 Å². The summed E-state index contributed by atoms with van der Waals surface area (Å²) >= 11 is 0. The van der Waals surface area contributed by atoms with Gasteiger partial charge in [0.05, 0.1) is 4.90 Å². The number of carbonyl (C=O) groups is 2. The Bertz CT molecular complexity index is 1160. The quantitative estimate of drug-likeness (QED) is 0.570. The number of carbonyl (C=O) groups excluding carboxylic acids is 2. The van der Waals surface area contributed by atoms with E-state index in [1.54, 1.807) is 30.3 Å². The Morgan fingerprint density at radius 2 is 1.76 bits per heavy atom. The fourth-order valence-electron chi connectivity index (χ4n) is 3.51. The average Bonchev–Trinajstić information content (AvgIpc) is 3.03. The molecule has 1 heterocycles. The van der Waals surface area contributed by atoms with Crippen LogP contribution in [0.4, 0.5) is 11.4 Å². The first-order valence-electron chi connectivity index (χ1n) is 10.7. The van der Waals surface area contributed by atoms with Crippen LogP contribution < -0.4 is 14.9 Å². The second-order valence-electron chi connectivity index (χ2n) is 7.84. The molecule has 1 aliphatic heterocycles. The minimum absolute atomic E-state index is 0.0714. The van der Waals surface area contributed by atoms with E-state index in [4.69, 9.17) is 4.74 Å². The van der Waals surface area contributed by atoms with Crippen LogP contribution >= 0.6 is 0 Å². The van der Waals surface area contributed by atoms with Crippen LogP contribution in [0.1, 0.15) is 33.3 Å². The Morgan fingerprint density at radius 1 is 1.09 bits per heavy atom. The van der Waals surface area contributed by atoms with E-state index in [0.717, 1.165) is 12.2 Å². The lowest BCUT2D eigenvalue weighted by Crippen LogP contribution is -2.30. The standard InChI is InChI=1S/C23H28N4O5S/c1-5-27(15(2)3)18-12-10-17(11-13-18)25-21(28)14-32-23(29)16(4)24-22-19-8-6-7-9-20(19)33(30,31)26-22/h6-13,15-16H,5,14H2,1-4H3,(H,24,26)(H,25,28)/t16-/m0/s1. The topological polar surface area (TPSA) is 117 Å². The largest absolute Gasteiger partial charge is 0.454 e. The molecule has 1 atom stereocenters. The molecule has 0 aromatic heterocycles. The lowest BCUT2D eigenvalue weighted by molar-refractivity contribution is -0.148. The number of benzene rings is 2. The highest BCUT2D eigenvalue weighted by atomic mass is 32.2. The molecule has 2 aromatic carbocycles. The SMILES string of the molecule is CCN(c1ccc(NC(=O)COC(=O)[C@H](C)N=C2NS(=O)(=O)c3ccccc32)cc1)C(C)C. The third kappa shape index (κ3) is 5.70. The summed E-state index contributed by atoms with van der Waals surface area (Å²) in [6.45, 7) is 8.16. The van der Waals surface area contributed by atoms with Gasteiger partial charge in [-0.1, -0.05) is 12.1 Å². The van der Waals surface area contributed by atoms with Crippen LogP contribution in [0.15, 0.2) is 58.4 Å². The van der Waals surface area contributed by atoms with Gasteiger partial charge in [0.15, 0.2) is 6.61 Å². The van der Waals surface area contributed by atoms with Crippen molar-refractivity contribution in [3.05, 3.63) is 54.1 Å². The van der Waals surface area contributed by atoms with Crippen LogP contribution in [-0.2, 0) is 24.3 Å². The second kappa shape index (κ2) is 10.0. The van der Waals surface area contributed by atoms with E-state index in [2.05, 4.69) is 40.7 Å². The van der Waals surface area contributed by atoms with Crippen molar-refractivity contribution in [1.29, 1.82) is 0 Å². The van der Waals surface area contributed by atoms with Crippen LogP contribution in [0.5, 0.6) is 0 Å². The van der Waals surface area contributed by atoms with Gasteiger partial charge in [-0.3, -0.25) is 14.5 Å². The zero-order chi connectivity index (χ0) is 24.2. The smallest absolute Gasteiger partial charge is 0.331 e. The number of nitrogens with one attached hydrogen (secondary N) is 2. The third-order valence-corrected chi connectivity index (χ3v) is 6.52. The maximum absolute atomic E-state index is 12.3. The van der Waals surface area contributed by atoms with Gasteiger partial charge in [-0.2, -0.15) is 0 Å². The Kier molecular flexibility index (Phi) is 7.37. The molecule has 3 rings (SSSR count). The molecule has 0 unspecified atom stereocenters. The van der Waals surface area contributed by atoms with E-state index in [9.17, 15) is 18.0 Å². The number of aliphatic imine (C=N–C) groups is 1. The van der Waals surface area contributed by atoms with Gasteiger partial charge in [0.1, 0.15) is 11.9 Å². The van der Waals surface area contributed by atoms with Gasteiger partial charge in [0, 0.05) is 29.5 Å². The number of anilines is 2. The summed E-state index contributed by atoms with van der Waals surface area (Å²) in [5, 5.41) is 2.68. The number of sulfonamides is 1. The molecule has 10 heteroatoms. The molecule has 0 spiro atoms. The molecule has 1 amide bonds. The van der Waals surface area contributed by atoms with Gasteiger partial charge in [-0.25, -0.2) is 13.2 Å². The number of ether oxygens (including phenoxy) is 1. The first-order chi connectivity index (χ1) is 15.6. The molecule has 0 aliphatic carbocycles. The minimum atomic E-state index is -3.70. The fourth-order valence-corrected chi connectivity index (χ4v) is 4.75. The summed E-state index contributed by atoms with van der Waals surface area (Å²) in [4.78, 5) is 30.9. The molecule has 9 nitrogen and oxygen atoms in total. The maximum atomic E-state index is 12.3. The molecule has 33 heavy (non-hydrogen) atoms. The molecule has 1 aliphatic rings. The van der Waals surface area contributed by atoms with Gasteiger partial charge in [0.2, 0.25) is 0 Å². The zero-order valence-corrected chi connectivity index (χ0v) is 19.8. The lowest BCUT2D eigenvalue weighted by atomic mass is 10.2. The van der Waals surface area contributed by atoms with Crippen molar-refractivity contribution in [3.63, 3.8) is 0 Å². The highest BCUT2D eigenvalue weighted by Crippen LogP contribution is 2.23. The monoisotopic (exact) mass is 472 g/mol. The number of esters is 1. The number of nitrogens with zero attached hydrogens (tertiary/aromatic N) is 2. The highest BCUT2D eigenvalue weighted by Gasteiger charge is 2.31. The Hall–Kier alpha value is -3.40. The van der Waals surface area contributed by atoms with Gasteiger partial charge in [-0.05, 0) is 64.1 Å². The van der Waals surface area contributed by atoms with Crippen LogP contribution in [-0.4, -0.2) is 51.4 Å². The third-order valence-electron chi connectivity index (χ3n) is 5.12. The number of hydrogen-bond acceptors (Lipinski definition) is 7. The molecule has 0 saturated heterocycles. The Morgan fingerprint density at radius 3 is 2.39 bits per heavy atom. The van der Waals surface area contributed by atoms with E-state index in [-0.39, 0.29) is 10.7 Å². The fraction of sp³-hybridized carbons (Fsp3) is 0.348. The summed E-state index contributed by atoms with van der Waals surface area (Å²) in [6, 6.07) is 13.1. The summed E-state index contributed by atoms with van der Waals surface area (Å²) in [5.41, 5.74) is 2.02. The van der Waals surface area contributed by atoms with Gasteiger partial charge < -0.3 is 15.0 Å². The molecule has 176 valence electrons. The number of amides is 1. The Balaban J connectivity index is 1.56. The number of hydrogen-bond donors (Lipinski definition) is 2. The average molecular weight is 473 g/mol. The normalized spacial score (nSPS) is 16.1. The Labute approximate surface area is 193 Å². The molecule has 2 N–H and O–H groups in total. The van der Waals surface area contributed by atoms with Crippen molar-refractivity contribution in [1.82, 2.24) is 4.72 Å². The molecule has 0 bridgehead atoms. The predicted octanol–water partition coefficient (Wildman–Crippen LogP) is 2.53. The second-order valence-corrected chi connectivity index (χ2v) is 9.49. The van der Waals surface area contributed by atoms with Crippen molar-refractivity contribution < 1.29 is 22.7 Å². The van der Waals surface area contributed by atoms with Gasteiger partial charge in [-0.15, -0.1) is 0 Å². The molecule has 0 fully saturated rings.